The number of amides is 2. The van der Waals surface area contributed by atoms with E-state index in [1.54, 1.807) is 31.2 Å². The minimum atomic E-state index is -0.627. The van der Waals surface area contributed by atoms with E-state index in [-0.39, 0.29) is 28.2 Å². The molecule has 2 aromatic rings. The first-order valence-corrected chi connectivity index (χ1v) is 12.7. The Hall–Kier alpha value is -3.90. The lowest BCUT2D eigenvalue weighted by molar-refractivity contribution is -0.117. The Morgan fingerprint density at radius 2 is 2.08 bits per heavy atom. The normalized spacial score (nSPS) is 16.7. The second kappa shape index (κ2) is 12.9. The van der Waals surface area contributed by atoms with Gasteiger partial charge in [-0.25, -0.2) is 0 Å². The Morgan fingerprint density at radius 3 is 2.73 bits per heavy atom. The van der Waals surface area contributed by atoms with Crippen molar-refractivity contribution in [1.82, 2.24) is 19.7 Å². The number of likely N-dealkylation sites (N-methyl/N-ethyl adjacent to an activating group) is 1. The molecule has 1 unspecified atom stereocenters. The van der Waals surface area contributed by atoms with Gasteiger partial charge in [0.25, 0.3) is 11.5 Å². The lowest BCUT2D eigenvalue weighted by Crippen LogP contribution is -2.35. The molecule has 0 bridgehead atoms. The van der Waals surface area contributed by atoms with Crippen LogP contribution in [0.1, 0.15) is 13.3 Å². The minimum Gasteiger partial charge on any atom is -0.360 e. The van der Waals surface area contributed by atoms with E-state index in [1.807, 2.05) is 6.07 Å². The van der Waals surface area contributed by atoms with Crippen LogP contribution in [0.2, 0.25) is 0 Å². The van der Waals surface area contributed by atoms with Crippen molar-refractivity contribution >= 4 is 46.3 Å². The largest absolute Gasteiger partial charge is 0.360 e. The fraction of sp³-hybridized carbons (Fsp3) is 0.385. The van der Waals surface area contributed by atoms with Crippen molar-refractivity contribution in [3.63, 3.8) is 0 Å². The third kappa shape index (κ3) is 7.08. The van der Waals surface area contributed by atoms with Gasteiger partial charge in [-0.15, -0.1) is 17.8 Å². The molecule has 0 saturated carbocycles. The topological polar surface area (TPSA) is 122 Å². The zero-order valence-corrected chi connectivity index (χ0v) is 22.0. The number of carbonyl (C=O) groups is 2. The summed E-state index contributed by atoms with van der Waals surface area (Å²) in [6.07, 6.45) is 7.75. The summed E-state index contributed by atoms with van der Waals surface area (Å²) in [5.41, 5.74) is 0.812. The van der Waals surface area contributed by atoms with Crippen LogP contribution in [0.4, 0.5) is 11.4 Å². The maximum absolute atomic E-state index is 12.9. The van der Waals surface area contributed by atoms with Crippen LogP contribution in [-0.4, -0.2) is 72.5 Å². The van der Waals surface area contributed by atoms with Crippen LogP contribution in [0.15, 0.2) is 29.1 Å². The highest BCUT2D eigenvalue weighted by Crippen LogP contribution is 2.16. The van der Waals surface area contributed by atoms with Crippen LogP contribution in [0.25, 0.3) is 11.8 Å². The number of hydrogen-bond acceptors (Lipinski definition) is 8. The van der Waals surface area contributed by atoms with Gasteiger partial charge in [-0.2, -0.15) is 5.26 Å². The van der Waals surface area contributed by atoms with Gasteiger partial charge < -0.3 is 20.9 Å². The number of likely N-dealkylation sites (tertiary alicyclic amines) is 1. The highest BCUT2D eigenvalue weighted by Gasteiger charge is 2.25. The van der Waals surface area contributed by atoms with Gasteiger partial charge in [-0.05, 0) is 45.6 Å². The average Bonchev–Trinajstić information content (AvgIpc) is 3.46. The molecule has 0 aliphatic carbocycles. The van der Waals surface area contributed by atoms with Crippen LogP contribution < -0.4 is 30.7 Å². The van der Waals surface area contributed by atoms with E-state index in [1.165, 1.54) is 10.8 Å². The molecule has 1 aromatic carbocycles. The van der Waals surface area contributed by atoms with Crippen molar-refractivity contribution in [3.05, 3.63) is 43.8 Å². The Kier molecular flexibility index (Phi) is 9.64. The number of nitrogens with one attached hydrogen (secondary N) is 3. The third-order valence-electron chi connectivity index (χ3n) is 5.99. The van der Waals surface area contributed by atoms with Crippen molar-refractivity contribution in [2.24, 2.45) is 0 Å². The van der Waals surface area contributed by atoms with E-state index in [0.29, 0.717) is 35.0 Å². The van der Waals surface area contributed by atoms with Gasteiger partial charge in [0.2, 0.25) is 5.91 Å². The molecule has 1 aliphatic rings. The SMILES string of the molecule is C#CCNC(=O)/C(C#N)=c1\sc(=CNc2cccc(NC(=O)CN3CCC(N(C)C)C3)c2)c(=O)n1CC. The number of terminal acetylenes is 1. The molecule has 2 amide bonds. The number of rotatable bonds is 9. The molecule has 37 heavy (non-hydrogen) atoms. The van der Waals surface area contributed by atoms with Crippen LogP contribution in [0.5, 0.6) is 0 Å². The predicted octanol–water partition coefficient (Wildman–Crippen LogP) is -0.222. The van der Waals surface area contributed by atoms with Crippen molar-refractivity contribution in [3.8, 4) is 18.4 Å². The van der Waals surface area contributed by atoms with Crippen molar-refractivity contribution in [1.29, 1.82) is 5.26 Å². The summed E-state index contributed by atoms with van der Waals surface area (Å²) in [6, 6.07) is 9.52. The smallest absolute Gasteiger partial charge is 0.270 e. The number of anilines is 2. The Morgan fingerprint density at radius 1 is 1.32 bits per heavy atom. The molecule has 194 valence electrons. The quantitative estimate of drug-likeness (QED) is 0.390. The maximum Gasteiger partial charge on any atom is 0.270 e. The van der Waals surface area contributed by atoms with Crippen LogP contribution in [0.3, 0.4) is 0 Å². The van der Waals surface area contributed by atoms with Gasteiger partial charge in [0.1, 0.15) is 15.3 Å². The molecule has 3 N–H and O–H groups in total. The summed E-state index contributed by atoms with van der Waals surface area (Å²) >= 11 is 1.04. The number of carbonyl (C=O) groups excluding carboxylic acids is 2. The van der Waals surface area contributed by atoms with Crippen LogP contribution >= 0.6 is 11.3 Å². The van der Waals surface area contributed by atoms with Gasteiger partial charge in [-0.1, -0.05) is 12.0 Å². The molecule has 11 heteroatoms. The van der Waals surface area contributed by atoms with Gasteiger partial charge in [0, 0.05) is 43.3 Å². The second-order valence-corrected chi connectivity index (χ2v) is 9.78. The van der Waals surface area contributed by atoms with E-state index in [2.05, 4.69) is 45.8 Å². The molecule has 1 atom stereocenters. The summed E-state index contributed by atoms with van der Waals surface area (Å²) in [7, 11) is 4.10. The second-order valence-electron chi connectivity index (χ2n) is 8.75. The van der Waals surface area contributed by atoms with E-state index < -0.39 is 5.91 Å². The summed E-state index contributed by atoms with van der Waals surface area (Å²) in [4.78, 5) is 42.1. The Bertz CT molecular complexity index is 1410. The van der Waals surface area contributed by atoms with Crippen molar-refractivity contribution in [2.75, 3.05) is 50.9 Å². The van der Waals surface area contributed by atoms with Crippen LogP contribution in [-0.2, 0) is 16.1 Å². The van der Waals surface area contributed by atoms with Crippen molar-refractivity contribution in [2.45, 2.75) is 25.9 Å². The molecule has 0 radical (unpaired) electrons. The highest BCUT2D eigenvalue weighted by atomic mass is 32.1. The van der Waals surface area contributed by atoms with Gasteiger partial charge in [-0.3, -0.25) is 23.9 Å². The van der Waals surface area contributed by atoms with Gasteiger partial charge in [0.15, 0.2) is 5.57 Å². The van der Waals surface area contributed by atoms with E-state index in [9.17, 15) is 19.6 Å². The van der Waals surface area contributed by atoms with Gasteiger partial charge in [0.05, 0.1) is 13.1 Å². The average molecular weight is 522 g/mol. The molecule has 1 saturated heterocycles. The molecule has 10 nitrogen and oxygen atoms in total. The number of benzene rings is 1. The Labute approximate surface area is 219 Å². The molecule has 1 aliphatic heterocycles. The monoisotopic (exact) mass is 521 g/mol. The summed E-state index contributed by atoms with van der Waals surface area (Å²) < 4.78 is 1.97. The first-order chi connectivity index (χ1) is 17.8. The molecular formula is C26H31N7O3S. The molecular weight excluding hydrogens is 490 g/mol. The fourth-order valence-electron chi connectivity index (χ4n) is 4.02. The molecule has 2 heterocycles. The number of aromatic nitrogens is 1. The lowest BCUT2D eigenvalue weighted by Gasteiger charge is -2.20. The zero-order chi connectivity index (χ0) is 26.9. The summed E-state index contributed by atoms with van der Waals surface area (Å²) in [5.74, 6) is 1.57. The first-order valence-electron chi connectivity index (χ1n) is 11.9. The van der Waals surface area contributed by atoms with E-state index in [4.69, 9.17) is 6.42 Å². The standard InChI is InChI=1S/C26H31N7O3S/c1-5-11-28-24(35)21(14-27)26-33(6-2)25(36)22(37-26)15-29-18-8-7-9-19(13-18)30-23(34)17-32-12-10-20(16-32)31(3)4/h1,7-9,13,15,20,29H,6,10-12,16-17H2,2-4H3,(H,28,35)(H,30,34)/b22-15?,26-21-. The Balaban J connectivity index is 1.76. The highest BCUT2D eigenvalue weighted by molar-refractivity contribution is 7.07. The summed E-state index contributed by atoms with van der Waals surface area (Å²) in [6.45, 7) is 4.12. The predicted molar refractivity (Wildman–Crippen MR) is 146 cm³/mol. The first kappa shape index (κ1) is 27.7. The summed E-state index contributed by atoms with van der Waals surface area (Å²) in [5, 5.41) is 18.0. The van der Waals surface area contributed by atoms with Crippen LogP contribution in [0, 0.1) is 23.7 Å². The molecule has 1 fully saturated rings. The lowest BCUT2D eigenvalue weighted by atomic mass is 10.2. The molecule has 1 aromatic heterocycles. The number of hydrogen-bond donors (Lipinski definition) is 3. The third-order valence-corrected chi connectivity index (χ3v) is 7.12. The minimum absolute atomic E-state index is 0.0200. The molecule has 3 rings (SSSR count). The van der Waals surface area contributed by atoms with E-state index >= 15 is 0 Å². The fourth-order valence-corrected chi connectivity index (χ4v) is 5.11. The van der Waals surface area contributed by atoms with Crippen molar-refractivity contribution < 1.29 is 9.59 Å². The maximum atomic E-state index is 12.9. The number of thiazole rings is 1. The molecule has 0 spiro atoms. The van der Waals surface area contributed by atoms with E-state index in [0.717, 1.165) is 30.8 Å². The van der Waals surface area contributed by atoms with Gasteiger partial charge >= 0.3 is 0 Å². The number of nitrogens with zero attached hydrogens (tertiary/aromatic N) is 4. The number of nitriles is 1. The zero-order valence-electron chi connectivity index (χ0n) is 21.2.